The van der Waals surface area contributed by atoms with Crippen molar-refractivity contribution >= 4 is 5.90 Å². The summed E-state index contributed by atoms with van der Waals surface area (Å²) >= 11 is 0. The van der Waals surface area contributed by atoms with Crippen molar-refractivity contribution in [2.75, 3.05) is 7.11 Å². The van der Waals surface area contributed by atoms with Crippen molar-refractivity contribution in [3.63, 3.8) is 0 Å². The minimum absolute atomic E-state index is 0.382. The molecule has 2 heterocycles. The van der Waals surface area contributed by atoms with Gasteiger partial charge in [-0.15, -0.1) is 0 Å². The number of hydrogen-bond donors (Lipinski definition) is 1. The van der Waals surface area contributed by atoms with E-state index in [0.717, 1.165) is 25.7 Å². The van der Waals surface area contributed by atoms with Crippen LogP contribution in [-0.4, -0.2) is 24.9 Å². The largest absolute Gasteiger partial charge is 0.497 e. The van der Waals surface area contributed by atoms with Crippen molar-refractivity contribution in [3.05, 3.63) is 29.8 Å². The SMILES string of the molecule is CCCCCCC1OC2(C)OC(=N)C(C#N)(C2c2ccc(OC)cc2)C1(C#N)C#N. The van der Waals surface area contributed by atoms with Crippen molar-refractivity contribution in [1.29, 1.82) is 21.2 Å². The molecule has 4 unspecified atom stereocenters. The van der Waals surface area contributed by atoms with Crippen LogP contribution in [0, 0.1) is 50.2 Å². The first-order valence-electron chi connectivity index (χ1n) is 10.2. The third-order valence-electron chi connectivity index (χ3n) is 6.40. The van der Waals surface area contributed by atoms with Gasteiger partial charge in [0.1, 0.15) is 5.75 Å². The average molecular weight is 406 g/mol. The Bertz CT molecular complexity index is 925. The van der Waals surface area contributed by atoms with E-state index in [2.05, 4.69) is 25.1 Å². The Balaban J connectivity index is 2.14. The molecule has 7 heteroatoms. The predicted octanol–water partition coefficient (Wildman–Crippen LogP) is 4.42. The van der Waals surface area contributed by atoms with E-state index in [-0.39, 0.29) is 5.90 Å². The lowest BCUT2D eigenvalue weighted by atomic mass is 9.52. The van der Waals surface area contributed by atoms with Gasteiger partial charge in [0.25, 0.3) is 0 Å². The van der Waals surface area contributed by atoms with E-state index in [1.807, 2.05) is 0 Å². The topological polar surface area (TPSA) is 123 Å². The van der Waals surface area contributed by atoms with Crippen molar-refractivity contribution in [2.45, 2.75) is 63.8 Å². The Hall–Kier alpha value is -3.08. The van der Waals surface area contributed by atoms with Crippen LogP contribution in [0.4, 0.5) is 0 Å². The van der Waals surface area contributed by atoms with Gasteiger partial charge in [-0.1, -0.05) is 44.7 Å². The number of methoxy groups -OCH3 is 1. The minimum Gasteiger partial charge on any atom is -0.497 e. The molecule has 0 spiro atoms. The maximum absolute atomic E-state index is 10.4. The number of nitriles is 3. The molecule has 0 aromatic heterocycles. The average Bonchev–Trinajstić information content (AvgIpc) is 2.94. The molecule has 1 aromatic carbocycles. The highest BCUT2D eigenvalue weighted by Crippen LogP contribution is 2.66. The molecule has 2 fully saturated rings. The second kappa shape index (κ2) is 7.98. The van der Waals surface area contributed by atoms with Gasteiger partial charge < -0.3 is 14.2 Å². The van der Waals surface area contributed by atoms with E-state index in [0.29, 0.717) is 17.7 Å². The highest BCUT2D eigenvalue weighted by Gasteiger charge is 2.79. The molecule has 2 bridgehead atoms. The summed E-state index contributed by atoms with van der Waals surface area (Å²) in [4.78, 5) is 0. The molecule has 7 nitrogen and oxygen atoms in total. The number of rotatable bonds is 7. The fraction of sp³-hybridized carbons (Fsp3) is 0.565. The standard InChI is InChI=1S/C23H26N4O3/c1-4-5-6-7-8-18-22(13-24,14-25)23(15-26)19(21(2,29-18)30-20(23)27)16-9-11-17(28-3)12-10-16/h9-12,18-19,27H,4-8H2,1-3H3. The van der Waals surface area contributed by atoms with Gasteiger partial charge in [-0.2, -0.15) is 15.8 Å². The van der Waals surface area contributed by atoms with Gasteiger partial charge in [-0.3, -0.25) is 5.41 Å². The van der Waals surface area contributed by atoms with Crippen LogP contribution in [0.25, 0.3) is 0 Å². The zero-order valence-corrected chi connectivity index (χ0v) is 17.6. The van der Waals surface area contributed by atoms with Gasteiger partial charge in [-0.25, -0.2) is 0 Å². The number of nitrogens with one attached hydrogen (secondary N) is 1. The molecular formula is C23H26N4O3. The number of nitrogens with zero attached hydrogens (tertiary/aromatic N) is 3. The molecule has 2 aliphatic heterocycles. The molecule has 0 aliphatic carbocycles. The van der Waals surface area contributed by atoms with E-state index >= 15 is 0 Å². The van der Waals surface area contributed by atoms with Gasteiger partial charge in [-0.05, 0) is 24.1 Å². The van der Waals surface area contributed by atoms with Crippen molar-refractivity contribution in [1.82, 2.24) is 0 Å². The van der Waals surface area contributed by atoms with Crippen LogP contribution in [0.3, 0.4) is 0 Å². The minimum atomic E-state index is -1.86. The van der Waals surface area contributed by atoms with Crippen LogP contribution in [0.15, 0.2) is 24.3 Å². The Morgan fingerprint density at radius 1 is 1.07 bits per heavy atom. The quantitative estimate of drug-likeness (QED) is 0.669. The second-order valence-corrected chi connectivity index (χ2v) is 8.06. The summed E-state index contributed by atoms with van der Waals surface area (Å²) in [5.74, 6) is -1.88. The maximum atomic E-state index is 10.4. The van der Waals surface area contributed by atoms with Crippen molar-refractivity contribution in [3.8, 4) is 24.0 Å². The third kappa shape index (κ3) is 2.83. The summed E-state index contributed by atoms with van der Waals surface area (Å²) in [6.45, 7) is 3.79. The van der Waals surface area contributed by atoms with E-state index in [1.54, 1.807) is 38.3 Å². The fourth-order valence-corrected chi connectivity index (χ4v) is 4.92. The van der Waals surface area contributed by atoms with Gasteiger partial charge in [0, 0.05) is 6.92 Å². The summed E-state index contributed by atoms with van der Waals surface area (Å²) in [6, 6.07) is 13.4. The van der Waals surface area contributed by atoms with Crippen LogP contribution in [0.2, 0.25) is 0 Å². The lowest BCUT2D eigenvalue weighted by Crippen LogP contribution is -2.60. The molecule has 0 amide bonds. The van der Waals surface area contributed by atoms with Crippen LogP contribution in [-0.2, 0) is 9.47 Å². The first-order chi connectivity index (χ1) is 14.4. The van der Waals surface area contributed by atoms with Crippen molar-refractivity contribution < 1.29 is 14.2 Å². The maximum Gasteiger partial charge on any atom is 0.218 e. The summed E-state index contributed by atoms with van der Waals surface area (Å²) in [5.41, 5.74) is -2.97. The molecule has 156 valence electrons. The number of hydrogen-bond acceptors (Lipinski definition) is 7. The Labute approximate surface area is 177 Å². The molecule has 1 N–H and O–H groups in total. The molecule has 4 atom stereocenters. The lowest BCUT2D eigenvalue weighted by molar-refractivity contribution is -0.251. The van der Waals surface area contributed by atoms with Crippen LogP contribution in [0.5, 0.6) is 5.75 Å². The highest BCUT2D eigenvalue weighted by molar-refractivity contribution is 5.90. The monoisotopic (exact) mass is 406 g/mol. The first-order valence-corrected chi connectivity index (χ1v) is 10.2. The Morgan fingerprint density at radius 3 is 2.27 bits per heavy atom. The van der Waals surface area contributed by atoms with Crippen LogP contribution < -0.4 is 4.74 Å². The van der Waals surface area contributed by atoms with E-state index in [9.17, 15) is 15.8 Å². The number of ether oxygens (including phenoxy) is 3. The Kier molecular flexibility index (Phi) is 5.75. The van der Waals surface area contributed by atoms with Gasteiger partial charge in [0.05, 0.1) is 37.3 Å². The van der Waals surface area contributed by atoms with Gasteiger partial charge in [0.2, 0.25) is 11.7 Å². The van der Waals surface area contributed by atoms with E-state index < -0.39 is 28.6 Å². The predicted molar refractivity (Wildman–Crippen MR) is 108 cm³/mol. The molecule has 2 aliphatic rings. The summed E-state index contributed by atoms with van der Waals surface area (Å²) in [7, 11) is 1.55. The molecule has 3 rings (SSSR count). The van der Waals surface area contributed by atoms with Crippen LogP contribution in [0.1, 0.15) is 57.4 Å². The van der Waals surface area contributed by atoms with E-state index in [1.165, 1.54) is 0 Å². The molecule has 0 saturated carbocycles. The van der Waals surface area contributed by atoms with Gasteiger partial charge >= 0.3 is 0 Å². The third-order valence-corrected chi connectivity index (χ3v) is 6.40. The normalized spacial score (nSPS) is 31.1. The summed E-state index contributed by atoms with van der Waals surface area (Å²) in [6.07, 6.45) is 3.43. The molecule has 30 heavy (non-hydrogen) atoms. The zero-order valence-electron chi connectivity index (χ0n) is 17.6. The highest BCUT2D eigenvalue weighted by atomic mass is 16.7. The summed E-state index contributed by atoms with van der Waals surface area (Å²) < 4.78 is 17.3. The molecule has 1 aromatic rings. The van der Waals surface area contributed by atoms with Crippen LogP contribution >= 0.6 is 0 Å². The second-order valence-electron chi connectivity index (χ2n) is 8.06. The summed E-state index contributed by atoms with van der Waals surface area (Å²) in [5, 5.41) is 39.3. The molecule has 2 saturated heterocycles. The number of unbranched alkanes of at least 4 members (excludes halogenated alkanes) is 3. The first kappa shape index (κ1) is 21.6. The fourth-order valence-electron chi connectivity index (χ4n) is 4.92. The Morgan fingerprint density at radius 2 is 1.73 bits per heavy atom. The van der Waals surface area contributed by atoms with Gasteiger partial charge in [0.15, 0.2) is 10.8 Å². The van der Waals surface area contributed by atoms with Crippen molar-refractivity contribution in [2.24, 2.45) is 10.8 Å². The smallest absolute Gasteiger partial charge is 0.218 e. The van der Waals surface area contributed by atoms with E-state index in [4.69, 9.17) is 19.6 Å². The lowest BCUT2D eigenvalue weighted by Gasteiger charge is -2.49. The molecular weight excluding hydrogens is 380 g/mol. The number of benzene rings is 1. The number of fused-ring (bicyclic) bond motifs is 2. The molecule has 0 radical (unpaired) electrons. The zero-order chi connectivity index (χ0) is 22.0.